The molecule has 0 saturated carbocycles. The standard InChI is InChI=1S/C27H25ClN4O3/c1-3-32(4-2)15-16-5-9-19(10-6-16)29-25(17-7-12-23-22(13-17)31-27(34)35-23)24-20-11-8-18(28)14-21(20)30-26(24)33/h5-14,24H,3-4,15H2,1-2H3,(H,30,33)(H,31,34). The monoisotopic (exact) mass is 488 g/mol. The molecule has 1 aliphatic rings. The number of oxazole rings is 1. The third-order valence-electron chi connectivity index (χ3n) is 6.32. The molecule has 1 atom stereocenters. The molecular formula is C27H25ClN4O3. The largest absolute Gasteiger partial charge is 0.417 e. The normalized spacial score (nSPS) is 15.6. The zero-order valence-electron chi connectivity index (χ0n) is 19.5. The zero-order valence-corrected chi connectivity index (χ0v) is 20.2. The van der Waals surface area contributed by atoms with Crippen molar-refractivity contribution in [1.29, 1.82) is 0 Å². The number of carbonyl (C=O) groups excluding carboxylic acids is 1. The number of anilines is 1. The van der Waals surface area contributed by atoms with Gasteiger partial charge in [-0.3, -0.25) is 19.7 Å². The van der Waals surface area contributed by atoms with E-state index in [4.69, 9.17) is 21.0 Å². The van der Waals surface area contributed by atoms with Crippen LogP contribution in [0, 0.1) is 0 Å². The lowest BCUT2D eigenvalue weighted by Crippen LogP contribution is -2.22. The highest BCUT2D eigenvalue weighted by Gasteiger charge is 2.35. The van der Waals surface area contributed by atoms with Crippen LogP contribution in [0.2, 0.25) is 5.02 Å². The van der Waals surface area contributed by atoms with Gasteiger partial charge in [0.05, 0.1) is 16.9 Å². The Morgan fingerprint density at radius 1 is 1.03 bits per heavy atom. The van der Waals surface area contributed by atoms with Gasteiger partial charge >= 0.3 is 5.76 Å². The number of fused-ring (bicyclic) bond motifs is 2. The molecule has 2 N–H and O–H groups in total. The summed E-state index contributed by atoms with van der Waals surface area (Å²) in [4.78, 5) is 34.8. The highest BCUT2D eigenvalue weighted by Crippen LogP contribution is 2.38. The first kappa shape index (κ1) is 23.1. The highest BCUT2D eigenvalue weighted by atomic mass is 35.5. The first-order chi connectivity index (χ1) is 16.9. The lowest BCUT2D eigenvalue weighted by molar-refractivity contribution is -0.115. The van der Waals surface area contributed by atoms with Crippen LogP contribution in [0.15, 0.2) is 74.9 Å². The molecule has 2 heterocycles. The molecule has 0 spiro atoms. The van der Waals surface area contributed by atoms with Gasteiger partial charge in [-0.25, -0.2) is 4.79 Å². The average molecular weight is 489 g/mol. The fraction of sp³-hybridized carbons (Fsp3) is 0.222. The maximum atomic E-state index is 13.1. The van der Waals surface area contributed by atoms with Crippen molar-refractivity contribution in [3.63, 3.8) is 0 Å². The number of rotatable bonds is 7. The lowest BCUT2D eigenvalue weighted by Gasteiger charge is -2.18. The Morgan fingerprint density at radius 3 is 2.54 bits per heavy atom. The Kier molecular flexibility index (Phi) is 6.28. The molecular weight excluding hydrogens is 464 g/mol. The van der Waals surface area contributed by atoms with Crippen LogP contribution in [-0.4, -0.2) is 34.6 Å². The maximum Gasteiger partial charge on any atom is 0.417 e. The second-order valence-electron chi connectivity index (χ2n) is 8.50. The van der Waals surface area contributed by atoms with E-state index in [1.54, 1.807) is 24.3 Å². The van der Waals surface area contributed by atoms with Crippen LogP contribution in [-0.2, 0) is 11.3 Å². The van der Waals surface area contributed by atoms with Crippen molar-refractivity contribution in [2.24, 2.45) is 4.99 Å². The van der Waals surface area contributed by atoms with Crippen LogP contribution in [0.3, 0.4) is 0 Å². The van der Waals surface area contributed by atoms with Gasteiger partial charge in [0.2, 0.25) is 5.91 Å². The molecule has 0 fully saturated rings. The van der Waals surface area contributed by atoms with E-state index in [2.05, 4.69) is 41.2 Å². The summed E-state index contributed by atoms with van der Waals surface area (Å²) in [6.45, 7) is 7.14. The van der Waals surface area contributed by atoms with Crippen molar-refractivity contribution in [2.75, 3.05) is 18.4 Å². The van der Waals surface area contributed by atoms with Crippen molar-refractivity contribution in [1.82, 2.24) is 9.88 Å². The molecule has 3 aromatic carbocycles. The first-order valence-corrected chi connectivity index (χ1v) is 12.0. The van der Waals surface area contributed by atoms with Crippen molar-refractivity contribution >= 4 is 45.7 Å². The number of nitrogens with one attached hydrogen (secondary N) is 2. The molecule has 0 saturated heterocycles. The molecule has 1 amide bonds. The number of amides is 1. The Bertz CT molecular complexity index is 1480. The van der Waals surface area contributed by atoms with E-state index in [1.165, 1.54) is 5.56 Å². The number of carbonyl (C=O) groups is 1. The minimum Gasteiger partial charge on any atom is -0.408 e. The number of benzene rings is 3. The van der Waals surface area contributed by atoms with E-state index < -0.39 is 11.7 Å². The van der Waals surface area contributed by atoms with E-state index in [-0.39, 0.29) is 5.91 Å². The fourth-order valence-electron chi connectivity index (χ4n) is 4.43. The van der Waals surface area contributed by atoms with Gasteiger partial charge in [-0.1, -0.05) is 43.6 Å². The second-order valence-corrected chi connectivity index (χ2v) is 8.94. The van der Waals surface area contributed by atoms with E-state index in [0.29, 0.717) is 33.1 Å². The Morgan fingerprint density at radius 2 is 1.80 bits per heavy atom. The predicted molar refractivity (Wildman–Crippen MR) is 139 cm³/mol. The van der Waals surface area contributed by atoms with Crippen molar-refractivity contribution in [3.8, 4) is 0 Å². The molecule has 35 heavy (non-hydrogen) atoms. The maximum absolute atomic E-state index is 13.1. The summed E-state index contributed by atoms with van der Waals surface area (Å²) in [6, 6.07) is 18.7. The van der Waals surface area contributed by atoms with Crippen molar-refractivity contribution < 1.29 is 9.21 Å². The van der Waals surface area contributed by atoms with Gasteiger partial charge in [0, 0.05) is 17.3 Å². The summed E-state index contributed by atoms with van der Waals surface area (Å²) in [6.07, 6.45) is 0. The number of halogens is 1. The number of hydrogen-bond acceptors (Lipinski definition) is 5. The quantitative estimate of drug-likeness (QED) is 0.337. The molecule has 1 aromatic heterocycles. The number of aliphatic imine (C=N–C) groups is 1. The molecule has 8 heteroatoms. The van der Waals surface area contributed by atoms with Gasteiger partial charge in [0.1, 0.15) is 5.92 Å². The Balaban J connectivity index is 1.59. The third kappa shape index (κ3) is 4.65. The summed E-state index contributed by atoms with van der Waals surface area (Å²) in [5.41, 5.74) is 5.69. The van der Waals surface area contributed by atoms with Gasteiger partial charge in [-0.2, -0.15) is 0 Å². The van der Waals surface area contributed by atoms with Crippen LogP contribution >= 0.6 is 11.6 Å². The number of nitrogens with zero attached hydrogens (tertiary/aromatic N) is 2. The average Bonchev–Trinajstić information content (AvgIpc) is 3.38. The van der Waals surface area contributed by atoms with Gasteiger partial charge in [-0.15, -0.1) is 0 Å². The fourth-order valence-corrected chi connectivity index (χ4v) is 4.61. The van der Waals surface area contributed by atoms with Crippen LogP contribution in [0.4, 0.5) is 11.4 Å². The van der Waals surface area contributed by atoms with Gasteiger partial charge < -0.3 is 9.73 Å². The van der Waals surface area contributed by atoms with Crippen LogP contribution in [0.5, 0.6) is 0 Å². The molecule has 1 aliphatic heterocycles. The zero-order chi connectivity index (χ0) is 24.5. The molecule has 0 aliphatic carbocycles. The van der Waals surface area contributed by atoms with E-state index >= 15 is 0 Å². The number of H-pyrrole nitrogens is 1. The highest BCUT2D eigenvalue weighted by molar-refractivity contribution is 6.31. The van der Waals surface area contributed by atoms with Gasteiger partial charge in [-0.05, 0) is 72.2 Å². The predicted octanol–water partition coefficient (Wildman–Crippen LogP) is 5.47. The minimum atomic E-state index is -0.631. The number of aromatic amines is 1. The summed E-state index contributed by atoms with van der Waals surface area (Å²) >= 11 is 6.16. The third-order valence-corrected chi connectivity index (χ3v) is 6.56. The molecule has 4 aromatic rings. The number of hydrogen-bond donors (Lipinski definition) is 2. The topological polar surface area (TPSA) is 90.7 Å². The summed E-state index contributed by atoms with van der Waals surface area (Å²) in [7, 11) is 0. The number of aromatic nitrogens is 1. The van der Waals surface area contributed by atoms with E-state index in [9.17, 15) is 9.59 Å². The molecule has 178 valence electrons. The Hall–Kier alpha value is -3.68. The first-order valence-electron chi connectivity index (χ1n) is 11.6. The summed E-state index contributed by atoms with van der Waals surface area (Å²) in [5.74, 6) is -1.34. The molecule has 0 radical (unpaired) electrons. The molecule has 5 rings (SSSR count). The SMILES string of the molecule is CCN(CC)Cc1ccc(N=C(c2ccc3oc(=O)[nH]c3c2)C2C(=O)Nc3cc(Cl)ccc32)cc1. The van der Waals surface area contributed by atoms with E-state index in [1.807, 2.05) is 24.3 Å². The van der Waals surface area contributed by atoms with Crippen molar-refractivity contribution in [2.45, 2.75) is 26.3 Å². The smallest absolute Gasteiger partial charge is 0.408 e. The van der Waals surface area contributed by atoms with Crippen LogP contribution in [0.1, 0.15) is 36.5 Å². The molecule has 7 nitrogen and oxygen atoms in total. The summed E-state index contributed by atoms with van der Waals surface area (Å²) in [5, 5.41) is 3.47. The second kappa shape index (κ2) is 9.52. The van der Waals surface area contributed by atoms with Crippen molar-refractivity contribution in [3.05, 3.63) is 92.9 Å². The minimum absolute atomic E-state index is 0.181. The van der Waals surface area contributed by atoms with Gasteiger partial charge in [0.25, 0.3) is 0 Å². The molecule has 1 unspecified atom stereocenters. The van der Waals surface area contributed by atoms with Gasteiger partial charge in [0.15, 0.2) is 5.58 Å². The van der Waals surface area contributed by atoms with E-state index in [0.717, 1.165) is 30.9 Å². The van der Waals surface area contributed by atoms with Crippen LogP contribution < -0.4 is 11.1 Å². The van der Waals surface area contributed by atoms with Crippen LogP contribution in [0.25, 0.3) is 11.1 Å². The lowest BCUT2D eigenvalue weighted by atomic mass is 9.90. The molecule has 0 bridgehead atoms. The summed E-state index contributed by atoms with van der Waals surface area (Å²) < 4.78 is 5.15. The Labute approximate surface area is 207 Å².